The number of benzene rings is 2. The van der Waals surface area contributed by atoms with Crippen molar-refractivity contribution in [2.24, 2.45) is 0 Å². The number of rotatable bonds is 4. The van der Waals surface area contributed by atoms with E-state index in [9.17, 15) is 9.18 Å². The first-order chi connectivity index (χ1) is 15.1. The molecule has 0 saturated carbocycles. The highest BCUT2D eigenvalue weighted by molar-refractivity contribution is 6.14. The largest absolute Gasteiger partial charge is 0.461 e. The number of halogens is 1. The van der Waals surface area contributed by atoms with Crippen molar-refractivity contribution in [3.8, 4) is 0 Å². The Bertz CT molecular complexity index is 1480. The van der Waals surface area contributed by atoms with Crippen LogP contribution in [0.3, 0.4) is 0 Å². The number of carbonyl (C=O) groups excluding carboxylic acids is 1. The molecule has 5 aromatic rings. The van der Waals surface area contributed by atoms with Crippen LogP contribution < -0.4 is 5.32 Å². The normalized spacial score (nSPS) is 11.3. The molecule has 31 heavy (non-hydrogen) atoms. The molecule has 0 saturated heterocycles. The van der Waals surface area contributed by atoms with Gasteiger partial charge in [0.2, 0.25) is 0 Å². The predicted molar refractivity (Wildman–Crippen MR) is 114 cm³/mol. The molecule has 3 heterocycles. The zero-order valence-electron chi connectivity index (χ0n) is 16.8. The van der Waals surface area contributed by atoms with Crippen molar-refractivity contribution in [2.45, 2.75) is 13.8 Å². The predicted octanol–water partition coefficient (Wildman–Crippen LogP) is 4.19. The lowest BCUT2D eigenvalue weighted by atomic mass is 10.1. The van der Waals surface area contributed by atoms with E-state index >= 15 is 0 Å². The number of pyridine rings is 1. The smallest absolute Gasteiger partial charge is 0.360 e. The first-order valence-electron chi connectivity index (χ1n) is 9.71. The van der Waals surface area contributed by atoms with Gasteiger partial charge in [-0.25, -0.2) is 18.7 Å². The molecule has 0 amide bonds. The summed E-state index contributed by atoms with van der Waals surface area (Å²) in [6.07, 6.45) is 0. The number of nitrogens with one attached hydrogen (secondary N) is 1. The summed E-state index contributed by atoms with van der Waals surface area (Å²) in [6.45, 7) is 3.69. The van der Waals surface area contributed by atoms with Gasteiger partial charge in [0.05, 0.1) is 23.2 Å². The number of aromatic nitrogens is 5. The van der Waals surface area contributed by atoms with Gasteiger partial charge in [-0.1, -0.05) is 24.3 Å². The Morgan fingerprint density at radius 1 is 1.16 bits per heavy atom. The summed E-state index contributed by atoms with van der Waals surface area (Å²) in [4.78, 5) is 17.0. The van der Waals surface area contributed by atoms with Crippen molar-refractivity contribution < 1.29 is 13.9 Å². The monoisotopic (exact) mass is 416 g/mol. The van der Waals surface area contributed by atoms with Gasteiger partial charge in [-0.2, -0.15) is 5.10 Å². The lowest BCUT2D eigenvalue weighted by Gasteiger charge is -2.09. The molecule has 8 nitrogen and oxygen atoms in total. The van der Waals surface area contributed by atoms with E-state index in [4.69, 9.17) is 14.8 Å². The van der Waals surface area contributed by atoms with Crippen molar-refractivity contribution in [1.29, 1.82) is 0 Å². The fourth-order valence-corrected chi connectivity index (χ4v) is 3.54. The highest BCUT2D eigenvalue weighted by atomic mass is 19.1. The maximum Gasteiger partial charge on any atom is 0.360 e. The molecular formula is C22H17FN6O2. The van der Waals surface area contributed by atoms with Crippen LogP contribution in [0.1, 0.15) is 23.1 Å². The number of fused-ring (bicyclic) bond motifs is 5. The molecule has 2 aromatic carbocycles. The summed E-state index contributed by atoms with van der Waals surface area (Å²) in [5.74, 6) is -0.460. The third-order valence-corrected chi connectivity index (χ3v) is 4.95. The Hall–Kier alpha value is -4.14. The molecule has 5 rings (SSSR count). The third kappa shape index (κ3) is 3.10. The van der Waals surface area contributed by atoms with Gasteiger partial charge >= 0.3 is 5.97 Å². The Morgan fingerprint density at radius 2 is 2.00 bits per heavy atom. The first-order valence-corrected chi connectivity index (χ1v) is 9.71. The van der Waals surface area contributed by atoms with Gasteiger partial charge < -0.3 is 10.1 Å². The van der Waals surface area contributed by atoms with E-state index in [1.165, 1.54) is 12.1 Å². The van der Waals surface area contributed by atoms with E-state index in [0.717, 1.165) is 5.39 Å². The molecule has 1 N–H and O–H groups in total. The van der Waals surface area contributed by atoms with Gasteiger partial charge in [0.1, 0.15) is 17.2 Å². The van der Waals surface area contributed by atoms with Gasteiger partial charge in [0, 0.05) is 11.1 Å². The van der Waals surface area contributed by atoms with Crippen molar-refractivity contribution in [1.82, 2.24) is 24.8 Å². The first kappa shape index (κ1) is 18.9. The maximum atomic E-state index is 13.7. The van der Waals surface area contributed by atoms with Gasteiger partial charge in [0.15, 0.2) is 11.3 Å². The molecule has 3 aromatic heterocycles. The van der Waals surface area contributed by atoms with Gasteiger partial charge in [0.25, 0.3) is 0 Å². The molecule has 0 atom stereocenters. The van der Waals surface area contributed by atoms with Crippen LogP contribution in [0.2, 0.25) is 0 Å². The summed E-state index contributed by atoms with van der Waals surface area (Å²) in [5, 5.41) is 17.7. The van der Waals surface area contributed by atoms with Crippen molar-refractivity contribution in [3.05, 3.63) is 65.7 Å². The zero-order chi connectivity index (χ0) is 21.5. The number of esters is 1. The third-order valence-electron chi connectivity index (χ3n) is 4.95. The van der Waals surface area contributed by atoms with Crippen LogP contribution in [-0.4, -0.2) is 37.4 Å². The fourth-order valence-electron chi connectivity index (χ4n) is 3.54. The summed E-state index contributed by atoms with van der Waals surface area (Å²) in [7, 11) is 0. The Morgan fingerprint density at radius 3 is 2.81 bits per heavy atom. The number of aryl methyl sites for hydroxylation is 1. The second-order valence-corrected chi connectivity index (χ2v) is 6.93. The van der Waals surface area contributed by atoms with Gasteiger partial charge in [-0.3, -0.25) is 0 Å². The topological polar surface area (TPSA) is 94.3 Å². The van der Waals surface area contributed by atoms with E-state index < -0.39 is 5.97 Å². The summed E-state index contributed by atoms with van der Waals surface area (Å²) in [6, 6.07) is 13.7. The van der Waals surface area contributed by atoms with E-state index in [1.54, 1.807) is 30.5 Å². The lowest BCUT2D eigenvalue weighted by molar-refractivity contribution is 0.0516. The van der Waals surface area contributed by atoms with Crippen LogP contribution in [0.25, 0.3) is 27.5 Å². The van der Waals surface area contributed by atoms with Crippen LogP contribution in [0.5, 0.6) is 0 Å². The molecule has 154 valence electrons. The fraction of sp³-hybridized carbons (Fsp3) is 0.136. The molecule has 0 unspecified atom stereocenters. The minimum Gasteiger partial charge on any atom is -0.461 e. The van der Waals surface area contributed by atoms with Crippen LogP contribution >= 0.6 is 0 Å². The number of carbonyl (C=O) groups is 1. The number of anilines is 2. The molecule has 0 aliphatic rings. The van der Waals surface area contributed by atoms with Crippen molar-refractivity contribution in [3.63, 3.8) is 0 Å². The van der Waals surface area contributed by atoms with Crippen LogP contribution in [0.15, 0.2) is 48.5 Å². The number of hydrogen-bond donors (Lipinski definition) is 1. The average Bonchev–Trinajstić information content (AvgIpc) is 3.15. The van der Waals surface area contributed by atoms with E-state index in [-0.39, 0.29) is 18.1 Å². The maximum absolute atomic E-state index is 13.7. The van der Waals surface area contributed by atoms with Crippen LogP contribution in [0.4, 0.5) is 15.9 Å². The number of ether oxygens (including phenoxy) is 1. The molecule has 0 radical (unpaired) electrons. The van der Waals surface area contributed by atoms with Crippen molar-refractivity contribution in [2.75, 3.05) is 11.9 Å². The molecular weight excluding hydrogens is 399 g/mol. The number of nitrogens with zero attached hydrogens (tertiary/aromatic N) is 5. The molecule has 0 fully saturated rings. The Labute approximate surface area is 175 Å². The molecule has 0 bridgehead atoms. The van der Waals surface area contributed by atoms with Crippen molar-refractivity contribution >= 4 is 44.9 Å². The van der Waals surface area contributed by atoms with Crippen LogP contribution in [0, 0.1) is 12.7 Å². The summed E-state index contributed by atoms with van der Waals surface area (Å²) < 4.78 is 20.4. The lowest BCUT2D eigenvalue weighted by Crippen LogP contribution is -2.14. The number of para-hydroxylation sites is 1. The van der Waals surface area contributed by atoms with E-state index in [0.29, 0.717) is 39.3 Å². The number of hydrogen-bond acceptors (Lipinski definition) is 7. The molecule has 0 spiro atoms. The molecule has 0 aliphatic heterocycles. The van der Waals surface area contributed by atoms with E-state index in [1.807, 2.05) is 24.3 Å². The standard InChI is InChI=1S/C22H17FN6O2/c1-3-31-22(30)18-12(2)29-21(27-26-18)17-19(28-29)15-9-4-5-10-16(15)25-20(17)24-14-8-6-7-13(23)11-14/h4-11H,3H2,1-2H3,(H,24,25). The quantitative estimate of drug-likeness (QED) is 0.439. The second-order valence-electron chi connectivity index (χ2n) is 6.93. The van der Waals surface area contributed by atoms with Crippen LogP contribution in [-0.2, 0) is 4.74 Å². The van der Waals surface area contributed by atoms with Gasteiger partial charge in [-0.05, 0) is 38.1 Å². The minimum absolute atomic E-state index is 0.0964. The zero-order valence-corrected chi connectivity index (χ0v) is 16.8. The highest BCUT2D eigenvalue weighted by Crippen LogP contribution is 2.33. The average molecular weight is 416 g/mol. The second kappa shape index (κ2) is 7.28. The Balaban J connectivity index is 1.81. The SMILES string of the molecule is CCOC(=O)c1nnc2c3c(Nc4cccc(F)c4)nc4ccccc4c3nn2c1C. The Kier molecular flexibility index (Phi) is 4.43. The highest BCUT2D eigenvalue weighted by Gasteiger charge is 2.22. The molecule has 9 heteroatoms. The summed E-state index contributed by atoms with van der Waals surface area (Å²) in [5.41, 5.74) is 2.92. The van der Waals surface area contributed by atoms with E-state index in [2.05, 4.69) is 15.5 Å². The molecule has 0 aliphatic carbocycles. The van der Waals surface area contributed by atoms with Gasteiger partial charge in [-0.15, -0.1) is 10.2 Å². The summed E-state index contributed by atoms with van der Waals surface area (Å²) >= 11 is 0. The minimum atomic E-state index is -0.560.